The topological polar surface area (TPSA) is 129 Å². The number of sulfone groups is 1. The number of carboxylic acids is 1. The van der Waals surface area contributed by atoms with Gasteiger partial charge in [-0.2, -0.15) is 0 Å². The molecule has 1 rings (SSSR count). The number of hydrogen-bond acceptors (Lipinski definition) is 5. The second-order valence-electron chi connectivity index (χ2n) is 4.93. The SMILES string of the molecule is CC(C)(C(=O)N[C@@H](Cc1cnc[nH]1)C(=O)O)S(C)(=O)=O. The number of nitrogens with one attached hydrogen (secondary N) is 2. The lowest BCUT2D eigenvalue weighted by atomic mass is 10.1. The molecule has 0 aromatic carbocycles. The summed E-state index contributed by atoms with van der Waals surface area (Å²) in [4.78, 5) is 29.6. The molecule has 112 valence electrons. The molecule has 8 nitrogen and oxygen atoms in total. The van der Waals surface area contributed by atoms with Crippen molar-refractivity contribution < 1.29 is 23.1 Å². The molecule has 3 N–H and O–H groups in total. The molecule has 1 aromatic heterocycles. The van der Waals surface area contributed by atoms with Gasteiger partial charge in [0.15, 0.2) is 9.84 Å². The first kappa shape index (κ1) is 16.2. The molecule has 0 aliphatic carbocycles. The Morgan fingerprint density at radius 3 is 2.50 bits per heavy atom. The van der Waals surface area contributed by atoms with E-state index in [0.717, 1.165) is 6.26 Å². The molecule has 0 saturated heterocycles. The maximum absolute atomic E-state index is 12.0. The Morgan fingerprint density at radius 2 is 2.10 bits per heavy atom. The van der Waals surface area contributed by atoms with E-state index in [-0.39, 0.29) is 6.42 Å². The fraction of sp³-hybridized carbons (Fsp3) is 0.545. The molecular weight excluding hydrogens is 286 g/mol. The lowest BCUT2D eigenvalue weighted by Gasteiger charge is -2.24. The third-order valence-electron chi connectivity index (χ3n) is 3.06. The minimum atomic E-state index is -3.66. The van der Waals surface area contributed by atoms with Gasteiger partial charge in [0, 0.05) is 24.6 Å². The molecule has 9 heteroatoms. The standard InChI is InChI=1S/C11H17N3O5S/c1-11(2,20(3,18)19)10(17)14-8(9(15)16)4-7-5-12-6-13-7/h5-6,8H,4H2,1-3H3,(H,12,13)(H,14,17)(H,15,16)/t8-/m0/s1. The molecule has 0 unspecified atom stereocenters. The maximum atomic E-state index is 12.0. The number of carboxylic acid groups (broad SMARTS) is 1. The first-order valence-corrected chi connectivity index (χ1v) is 7.65. The number of nitrogens with zero attached hydrogens (tertiary/aromatic N) is 1. The normalized spacial score (nSPS) is 13.8. The number of aromatic amines is 1. The second kappa shape index (κ2) is 5.61. The highest BCUT2D eigenvalue weighted by molar-refractivity contribution is 7.92. The first-order chi connectivity index (χ1) is 9.05. The molecule has 1 heterocycles. The van der Waals surface area contributed by atoms with E-state index in [0.29, 0.717) is 5.69 Å². The molecule has 1 amide bonds. The fourth-order valence-corrected chi connectivity index (χ4v) is 1.71. The number of aliphatic carboxylic acids is 1. The number of carbonyl (C=O) groups excluding carboxylic acids is 1. The van der Waals surface area contributed by atoms with Gasteiger partial charge < -0.3 is 15.4 Å². The van der Waals surface area contributed by atoms with E-state index in [2.05, 4.69) is 15.3 Å². The van der Waals surface area contributed by atoms with Crippen molar-refractivity contribution in [1.82, 2.24) is 15.3 Å². The highest BCUT2D eigenvalue weighted by Crippen LogP contribution is 2.15. The van der Waals surface area contributed by atoms with Crippen molar-refractivity contribution in [2.45, 2.75) is 31.1 Å². The summed E-state index contributed by atoms with van der Waals surface area (Å²) >= 11 is 0. The maximum Gasteiger partial charge on any atom is 0.326 e. The van der Waals surface area contributed by atoms with Crippen LogP contribution in [0.5, 0.6) is 0 Å². The van der Waals surface area contributed by atoms with Crippen LogP contribution in [0.4, 0.5) is 0 Å². The summed E-state index contributed by atoms with van der Waals surface area (Å²) in [7, 11) is -3.66. The van der Waals surface area contributed by atoms with E-state index in [1.807, 2.05) is 0 Å². The van der Waals surface area contributed by atoms with Crippen molar-refractivity contribution in [2.75, 3.05) is 6.26 Å². The molecule has 0 spiro atoms. The molecule has 20 heavy (non-hydrogen) atoms. The largest absolute Gasteiger partial charge is 0.480 e. The lowest BCUT2D eigenvalue weighted by Crippen LogP contribution is -2.53. The third kappa shape index (κ3) is 3.56. The number of imidazole rings is 1. The van der Waals surface area contributed by atoms with E-state index in [1.54, 1.807) is 0 Å². The molecule has 0 radical (unpaired) electrons. The summed E-state index contributed by atoms with van der Waals surface area (Å²) in [6.45, 7) is 2.46. The van der Waals surface area contributed by atoms with Crippen molar-refractivity contribution in [3.8, 4) is 0 Å². The summed E-state index contributed by atoms with van der Waals surface area (Å²) < 4.78 is 21.4. The van der Waals surface area contributed by atoms with Crippen molar-refractivity contribution in [1.29, 1.82) is 0 Å². The van der Waals surface area contributed by atoms with E-state index >= 15 is 0 Å². The van der Waals surface area contributed by atoms with E-state index in [9.17, 15) is 18.0 Å². The van der Waals surface area contributed by atoms with Crippen LogP contribution in [0.3, 0.4) is 0 Å². The number of aromatic nitrogens is 2. The Morgan fingerprint density at radius 1 is 1.50 bits per heavy atom. The van der Waals surface area contributed by atoms with Crippen molar-refractivity contribution in [3.05, 3.63) is 18.2 Å². The predicted molar refractivity (Wildman–Crippen MR) is 70.8 cm³/mol. The average Bonchev–Trinajstić information content (AvgIpc) is 2.78. The van der Waals surface area contributed by atoms with Gasteiger partial charge >= 0.3 is 5.97 Å². The van der Waals surface area contributed by atoms with Crippen LogP contribution in [0.2, 0.25) is 0 Å². The summed E-state index contributed by atoms with van der Waals surface area (Å²) in [5.41, 5.74) is 0.523. The number of amides is 1. The summed E-state index contributed by atoms with van der Waals surface area (Å²) in [6.07, 6.45) is 3.73. The summed E-state index contributed by atoms with van der Waals surface area (Å²) in [5.74, 6) is -2.11. The van der Waals surface area contributed by atoms with Gasteiger partial charge in [-0.1, -0.05) is 0 Å². The Bertz CT molecular complexity index is 592. The third-order valence-corrected chi connectivity index (χ3v) is 5.10. The first-order valence-electron chi connectivity index (χ1n) is 5.76. The molecule has 0 fully saturated rings. The molecule has 0 aliphatic rings. The van der Waals surface area contributed by atoms with Crippen LogP contribution < -0.4 is 5.32 Å². The molecular formula is C11H17N3O5S. The van der Waals surface area contributed by atoms with Crippen LogP contribution in [0.25, 0.3) is 0 Å². The zero-order valence-electron chi connectivity index (χ0n) is 11.4. The molecule has 0 bridgehead atoms. The molecule has 0 aliphatic heterocycles. The van der Waals surface area contributed by atoms with Crippen molar-refractivity contribution >= 4 is 21.7 Å². The van der Waals surface area contributed by atoms with E-state index in [1.165, 1.54) is 26.4 Å². The number of carbonyl (C=O) groups is 2. The Kier molecular flexibility index (Phi) is 4.53. The summed E-state index contributed by atoms with van der Waals surface area (Å²) in [5, 5.41) is 11.3. The Labute approximate surface area is 116 Å². The van der Waals surface area contributed by atoms with Gasteiger partial charge in [0.2, 0.25) is 5.91 Å². The summed E-state index contributed by atoms with van der Waals surface area (Å²) in [6, 6.07) is -1.23. The second-order valence-corrected chi connectivity index (χ2v) is 7.49. The number of H-pyrrole nitrogens is 1. The average molecular weight is 303 g/mol. The van der Waals surface area contributed by atoms with Crippen LogP contribution in [-0.2, 0) is 25.8 Å². The quantitative estimate of drug-likeness (QED) is 0.640. The zero-order valence-corrected chi connectivity index (χ0v) is 12.2. The minimum absolute atomic E-state index is 0.0130. The van der Waals surface area contributed by atoms with E-state index in [4.69, 9.17) is 5.11 Å². The van der Waals surface area contributed by atoms with Gasteiger partial charge in [-0.3, -0.25) is 4.79 Å². The minimum Gasteiger partial charge on any atom is -0.480 e. The van der Waals surface area contributed by atoms with Gasteiger partial charge in [0.25, 0.3) is 0 Å². The van der Waals surface area contributed by atoms with Crippen LogP contribution in [0, 0.1) is 0 Å². The smallest absolute Gasteiger partial charge is 0.326 e. The van der Waals surface area contributed by atoms with Gasteiger partial charge in [-0.15, -0.1) is 0 Å². The Hall–Kier alpha value is -1.90. The van der Waals surface area contributed by atoms with Crippen LogP contribution in [-0.4, -0.2) is 52.4 Å². The zero-order chi connectivity index (χ0) is 15.6. The lowest BCUT2D eigenvalue weighted by molar-refractivity contribution is -0.142. The molecule has 1 aromatic rings. The van der Waals surface area contributed by atoms with Crippen LogP contribution in [0.15, 0.2) is 12.5 Å². The molecule has 1 atom stereocenters. The predicted octanol–water partition coefficient (Wildman–Crippen LogP) is -0.655. The van der Waals surface area contributed by atoms with Gasteiger partial charge in [-0.05, 0) is 13.8 Å². The van der Waals surface area contributed by atoms with Gasteiger partial charge in [-0.25, -0.2) is 18.2 Å². The Balaban J connectivity index is 2.87. The van der Waals surface area contributed by atoms with Crippen molar-refractivity contribution in [2.24, 2.45) is 0 Å². The highest BCUT2D eigenvalue weighted by atomic mass is 32.2. The number of hydrogen-bond donors (Lipinski definition) is 3. The van der Waals surface area contributed by atoms with Crippen LogP contribution in [0.1, 0.15) is 19.5 Å². The van der Waals surface area contributed by atoms with E-state index < -0.39 is 32.5 Å². The van der Waals surface area contributed by atoms with Gasteiger partial charge in [0.1, 0.15) is 10.8 Å². The fourth-order valence-electron chi connectivity index (χ4n) is 1.32. The van der Waals surface area contributed by atoms with Crippen LogP contribution >= 0.6 is 0 Å². The highest BCUT2D eigenvalue weighted by Gasteiger charge is 2.40. The number of rotatable bonds is 6. The molecule has 0 saturated carbocycles. The monoisotopic (exact) mass is 303 g/mol. The van der Waals surface area contributed by atoms with Crippen molar-refractivity contribution in [3.63, 3.8) is 0 Å². The van der Waals surface area contributed by atoms with Gasteiger partial charge in [0.05, 0.1) is 6.33 Å².